The fraction of sp³-hybridized carbons (Fsp3) is 0.500. The van der Waals surface area contributed by atoms with E-state index in [1.54, 1.807) is 19.1 Å². The number of carbonyl (C=O) groups is 1. The van der Waals surface area contributed by atoms with Gasteiger partial charge < -0.3 is 5.32 Å². The molecule has 0 atom stereocenters. The lowest BCUT2D eigenvalue weighted by Crippen LogP contribution is -2.29. The van der Waals surface area contributed by atoms with E-state index < -0.39 is 11.3 Å². The van der Waals surface area contributed by atoms with Crippen molar-refractivity contribution in [2.24, 2.45) is 0 Å². The number of likely N-dealkylation sites (N-methyl/N-ethyl adjacent to an activating group) is 1. The highest BCUT2D eigenvalue weighted by atomic mass is 80.0. The fourth-order valence-electron chi connectivity index (χ4n) is 1.52. The van der Waals surface area contributed by atoms with Gasteiger partial charge in [-0.1, -0.05) is 12.2 Å². The van der Waals surface area contributed by atoms with Crippen LogP contribution in [0, 0.1) is 0 Å². The molecular weight excluding hydrogens is 454 g/mol. The Hall–Kier alpha value is 0.340. The minimum atomic E-state index is -3.69. The average molecular weight is 466 g/mol. The molecule has 0 spiro atoms. The van der Waals surface area contributed by atoms with Crippen molar-refractivity contribution in [3.8, 4) is 0 Å². The molecule has 18 heavy (non-hydrogen) atoms. The van der Waals surface area contributed by atoms with Crippen LogP contribution in [-0.4, -0.2) is 22.3 Å². The first kappa shape index (κ1) is 16.4. The third kappa shape index (κ3) is 3.46. The molecule has 0 aliphatic heterocycles. The number of carbonyl (C=O) groups excluding carboxylic acids is 1. The maximum absolute atomic E-state index is 12.3. The van der Waals surface area contributed by atoms with Crippen molar-refractivity contribution in [3.05, 3.63) is 22.6 Å². The molecular formula is C10H12Br3NO3S. The summed E-state index contributed by atoms with van der Waals surface area (Å²) in [5.74, 6) is -0.372. The second-order valence-corrected chi connectivity index (χ2v) is 14.0. The molecule has 0 bridgehead atoms. The van der Waals surface area contributed by atoms with Crippen molar-refractivity contribution in [2.75, 3.05) is 6.54 Å². The second-order valence-electron chi connectivity index (χ2n) is 3.59. The zero-order valence-electron chi connectivity index (χ0n) is 9.54. The summed E-state index contributed by atoms with van der Waals surface area (Å²) in [6.07, 6.45) is 4.26. The van der Waals surface area contributed by atoms with Gasteiger partial charge >= 0.3 is 0 Å². The summed E-state index contributed by atoms with van der Waals surface area (Å²) in [5, 5.41) is 2.61. The molecule has 0 aromatic rings. The molecule has 0 saturated heterocycles. The summed E-state index contributed by atoms with van der Waals surface area (Å²) in [7, 11) is -3.69. The zero-order chi connectivity index (χ0) is 14.0. The predicted molar refractivity (Wildman–Crippen MR) is 82.5 cm³/mol. The Morgan fingerprint density at radius 3 is 2.56 bits per heavy atom. The van der Waals surface area contributed by atoms with E-state index >= 15 is 0 Å². The lowest BCUT2D eigenvalue weighted by Gasteiger charge is -2.20. The highest BCUT2D eigenvalue weighted by Crippen LogP contribution is 2.45. The molecule has 102 valence electrons. The van der Waals surface area contributed by atoms with E-state index in [1.165, 1.54) is 0 Å². The van der Waals surface area contributed by atoms with Crippen LogP contribution in [0.1, 0.15) is 19.8 Å². The number of nitrogens with one attached hydrogen (secondary N) is 1. The molecule has 4 nitrogen and oxygen atoms in total. The molecule has 1 amide bonds. The van der Waals surface area contributed by atoms with Crippen LogP contribution in [0.4, 0.5) is 0 Å². The van der Waals surface area contributed by atoms with Gasteiger partial charge in [-0.15, -0.1) is 0 Å². The summed E-state index contributed by atoms with van der Waals surface area (Å²) < 4.78 is 23.2. The Kier molecular flexibility index (Phi) is 5.64. The van der Waals surface area contributed by atoms with E-state index in [9.17, 15) is 13.2 Å². The molecule has 1 aliphatic carbocycles. The van der Waals surface area contributed by atoms with E-state index in [2.05, 4.69) is 53.1 Å². The quantitative estimate of drug-likeness (QED) is 0.652. The largest absolute Gasteiger partial charge is 0.352 e. The molecule has 1 aliphatic rings. The molecule has 0 aromatic heterocycles. The number of sulfone groups is 1. The summed E-state index contributed by atoms with van der Waals surface area (Å²) in [6.45, 7) is 2.23. The van der Waals surface area contributed by atoms with E-state index in [0.717, 1.165) is 0 Å². The molecule has 0 aromatic carbocycles. The summed E-state index contributed by atoms with van der Waals surface area (Å²) >= 11 is 9.02. The molecule has 0 heterocycles. The van der Waals surface area contributed by atoms with Crippen LogP contribution >= 0.6 is 47.8 Å². The number of halogens is 3. The molecule has 0 radical (unpaired) electrons. The molecule has 8 heteroatoms. The van der Waals surface area contributed by atoms with Crippen molar-refractivity contribution >= 4 is 63.5 Å². The van der Waals surface area contributed by atoms with Gasteiger partial charge in [0.15, 0.2) is 0 Å². The standard InChI is InChI=1S/C10H12Br3NO3S/c1-2-14-9(15)7-5-3-4-6-8(7)18(16,17)10(11,12)13/h3,5H,2,4,6H2,1H3,(H,14,15). The third-order valence-corrected chi connectivity index (χ3v) is 7.85. The number of hydrogen-bond donors (Lipinski definition) is 1. The predicted octanol–water partition coefficient (Wildman–Crippen LogP) is 2.94. The van der Waals surface area contributed by atoms with E-state index in [0.29, 0.717) is 19.4 Å². The Bertz CT molecular complexity index is 503. The van der Waals surface area contributed by atoms with Gasteiger partial charge in [-0.3, -0.25) is 4.79 Å². The number of rotatable bonds is 3. The Morgan fingerprint density at radius 1 is 1.44 bits per heavy atom. The molecule has 0 unspecified atom stereocenters. The van der Waals surface area contributed by atoms with Gasteiger partial charge in [0, 0.05) is 6.54 Å². The maximum atomic E-state index is 12.3. The van der Waals surface area contributed by atoms with Gasteiger partial charge in [-0.2, -0.15) is 0 Å². The highest BCUT2D eigenvalue weighted by molar-refractivity contribution is 9.42. The Balaban J connectivity index is 3.32. The molecule has 1 N–H and O–H groups in total. The first-order valence-corrected chi connectivity index (χ1v) is 9.07. The highest BCUT2D eigenvalue weighted by Gasteiger charge is 2.41. The SMILES string of the molecule is CCNC(=O)C1=C(S(=O)(=O)C(Br)(Br)Br)CCC=C1. The van der Waals surface area contributed by atoms with E-state index in [-0.39, 0.29) is 16.4 Å². The fourth-order valence-corrected chi connectivity index (χ4v) is 4.39. The summed E-state index contributed by atoms with van der Waals surface area (Å²) in [6, 6.07) is 0. The van der Waals surface area contributed by atoms with Crippen molar-refractivity contribution < 1.29 is 13.2 Å². The van der Waals surface area contributed by atoms with Gasteiger partial charge in [0.2, 0.25) is 11.3 Å². The topological polar surface area (TPSA) is 63.2 Å². The van der Waals surface area contributed by atoms with Crippen LogP contribution in [-0.2, 0) is 14.6 Å². The van der Waals surface area contributed by atoms with Crippen LogP contribution in [0.25, 0.3) is 0 Å². The van der Waals surface area contributed by atoms with Crippen molar-refractivity contribution in [3.63, 3.8) is 0 Å². The lowest BCUT2D eigenvalue weighted by molar-refractivity contribution is -0.117. The zero-order valence-corrected chi connectivity index (χ0v) is 15.1. The van der Waals surface area contributed by atoms with Crippen molar-refractivity contribution in [2.45, 2.75) is 21.2 Å². The van der Waals surface area contributed by atoms with Gasteiger partial charge in [-0.25, -0.2) is 8.42 Å². The van der Waals surface area contributed by atoms with Crippen LogP contribution in [0.2, 0.25) is 0 Å². The van der Waals surface area contributed by atoms with Crippen molar-refractivity contribution in [1.29, 1.82) is 0 Å². The molecule has 0 saturated carbocycles. The maximum Gasteiger partial charge on any atom is 0.252 e. The van der Waals surface area contributed by atoms with Crippen LogP contribution in [0.15, 0.2) is 22.6 Å². The number of allylic oxidation sites excluding steroid dienone is 2. The van der Waals surface area contributed by atoms with E-state index in [4.69, 9.17) is 0 Å². The monoisotopic (exact) mass is 463 g/mol. The van der Waals surface area contributed by atoms with Crippen LogP contribution < -0.4 is 5.32 Å². The summed E-state index contributed by atoms with van der Waals surface area (Å²) in [4.78, 5) is 12.0. The van der Waals surface area contributed by atoms with Gasteiger partial charge in [0.1, 0.15) is 0 Å². The Morgan fingerprint density at radius 2 is 2.06 bits per heavy atom. The second kappa shape index (κ2) is 6.19. The summed E-state index contributed by atoms with van der Waals surface area (Å²) in [5.41, 5.74) is 0.200. The third-order valence-electron chi connectivity index (χ3n) is 2.33. The normalized spacial score (nSPS) is 16.9. The van der Waals surface area contributed by atoms with Gasteiger partial charge in [0.05, 0.1) is 10.5 Å². The van der Waals surface area contributed by atoms with Crippen molar-refractivity contribution in [1.82, 2.24) is 5.32 Å². The van der Waals surface area contributed by atoms with Gasteiger partial charge in [-0.05, 0) is 67.6 Å². The van der Waals surface area contributed by atoms with Crippen LogP contribution in [0.5, 0.6) is 0 Å². The first-order valence-electron chi connectivity index (χ1n) is 5.21. The number of alkyl halides is 3. The lowest BCUT2D eigenvalue weighted by atomic mass is 10.1. The molecule has 0 fully saturated rings. The first-order chi connectivity index (χ1) is 8.21. The van der Waals surface area contributed by atoms with Crippen LogP contribution in [0.3, 0.4) is 0 Å². The van der Waals surface area contributed by atoms with E-state index in [1.807, 2.05) is 0 Å². The minimum absolute atomic E-state index is 0.126. The number of hydrogen-bond acceptors (Lipinski definition) is 3. The minimum Gasteiger partial charge on any atom is -0.352 e. The number of amides is 1. The van der Waals surface area contributed by atoms with Gasteiger partial charge in [0.25, 0.3) is 5.91 Å². The smallest absolute Gasteiger partial charge is 0.252 e. The average Bonchev–Trinajstić information content (AvgIpc) is 2.28. The Labute approximate surface area is 132 Å². The molecule has 1 rings (SSSR count).